The predicted octanol–water partition coefficient (Wildman–Crippen LogP) is 1.56. The number of hydrogen-bond donors (Lipinski definition) is 0. The molecule has 2 amide bonds. The van der Waals surface area contributed by atoms with Crippen LogP contribution in [0.15, 0.2) is 47.1 Å². The van der Waals surface area contributed by atoms with Gasteiger partial charge in [-0.1, -0.05) is 12.1 Å². The van der Waals surface area contributed by atoms with Crippen molar-refractivity contribution in [3.8, 4) is 0 Å². The average Bonchev–Trinajstić information content (AvgIpc) is 3.20. The zero-order valence-corrected chi connectivity index (χ0v) is 13.9. The van der Waals surface area contributed by atoms with Crippen molar-refractivity contribution < 1.29 is 27.9 Å². The van der Waals surface area contributed by atoms with E-state index in [4.69, 9.17) is 9.15 Å². The third-order valence-electron chi connectivity index (χ3n) is 4.07. The van der Waals surface area contributed by atoms with Gasteiger partial charge >= 0.3 is 5.97 Å². The number of nitrogens with zero attached hydrogens (tertiary/aromatic N) is 2. The Morgan fingerprint density at radius 3 is 2.35 bits per heavy atom. The molecule has 7 nitrogen and oxygen atoms in total. The van der Waals surface area contributed by atoms with E-state index in [1.165, 1.54) is 29.4 Å². The number of rotatable bonds is 4. The van der Waals surface area contributed by atoms with Gasteiger partial charge in [0.05, 0.1) is 11.8 Å². The molecule has 2 aromatic rings. The maximum absolute atomic E-state index is 13.5. The van der Waals surface area contributed by atoms with Crippen LogP contribution in [0.1, 0.15) is 20.9 Å². The van der Waals surface area contributed by atoms with Crippen LogP contribution in [0.4, 0.5) is 4.39 Å². The fourth-order valence-corrected chi connectivity index (χ4v) is 2.64. The highest BCUT2D eigenvalue weighted by Gasteiger charge is 2.26. The quantitative estimate of drug-likeness (QED) is 0.773. The Balaban J connectivity index is 1.47. The Morgan fingerprint density at radius 2 is 1.69 bits per heavy atom. The molecular formula is C18H17FN2O5. The first kappa shape index (κ1) is 17.7. The van der Waals surface area contributed by atoms with E-state index in [9.17, 15) is 18.8 Å². The summed E-state index contributed by atoms with van der Waals surface area (Å²) in [6.45, 7) is 0.878. The van der Waals surface area contributed by atoms with Gasteiger partial charge in [-0.3, -0.25) is 9.59 Å². The van der Waals surface area contributed by atoms with Crippen molar-refractivity contribution in [2.24, 2.45) is 0 Å². The maximum atomic E-state index is 13.5. The molecule has 0 spiro atoms. The molecule has 3 rings (SSSR count). The molecule has 0 bridgehead atoms. The number of halogens is 1. The lowest BCUT2D eigenvalue weighted by Gasteiger charge is -2.34. The standard InChI is InChI=1S/C18H17FN2O5/c19-14-5-2-1-4-13(14)18(24)26-12-16(22)20-7-9-21(10-8-20)17(23)15-6-3-11-25-15/h1-6,11H,7-10,12H2. The van der Waals surface area contributed by atoms with E-state index >= 15 is 0 Å². The molecule has 136 valence electrons. The van der Waals surface area contributed by atoms with Gasteiger partial charge in [0, 0.05) is 26.2 Å². The highest BCUT2D eigenvalue weighted by Crippen LogP contribution is 2.11. The minimum Gasteiger partial charge on any atom is -0.459 e. The van der Waals surface area contributed by atoms with Gasteiger partial charge in [-0.15, -0.1) is 0 Å². The van der Waals surface area contributed by atoms with E-state index < -0.39 is 18.4 Å². The van der Waals surface area contributed by atoms with Gasteiger partial charge in [-0.05, 0) is 24.3 Å². The van der Waals surface area contributed by atoms with Crippen molar-refractivity contribution in [1.82, 2.24) is 9.80 Å². The van der Waals surface area contributed by atoms with E-state index in [1.54, 1.807) is 17.0 Å². The average molecular weight is 360 g/mol. The molecule has 1 aliphatic rings. The monoisotopic (exact) mass is 360 g/mol. The topological polar surface area (TPSA) is 80.1 Å². The van der Waals surface area contributed by atoms with Gasteiger partial charge in [-0.2, -0.15) is 0 Å². The number of benzene rings is 1. The molecule has 0 radical (unpaired) electrons. The lowest BCUT2D eigenvalue weighted by molar-refractivity contribution is -0.136. The summed E-state index contributed by atoms with van der Waals surface area (Å²) in [6, 6.07) is 8.63. The van der Waals surface area contributed by atoms with Gasteiger partial charge in [-0.25, -0.2) is 9.18 Å². The van der Waals surface area contributed by atoms with Crippen LogP contribution in [0.3, 0.4) is 0 Å². The minimum atomic E-state index is -0.886. The second-order valence-corrected chi connectivity index (χ2v) is 5.71. The fourth-order valence-electron chi connectivity index (χ4n) is 2.64. The fraction of sp³-hybridized carbons (Fsp3) is 0.278. The van der Waals surface area contributed by atoms with Crippen molar-refractivity contribution in [3.63, 3.8) is 0 Å². The third kappa shape index (κ3) is 3.90. The van der Waals surface area contributed by atoms with Gasteiger partial charge in [0.25, 0.3) is 11.8 Å². The first-order valence-electron chi connectivity index (χ1n) is 8.08. The Bertz CT molecular complexity index is 798. The van der Waals surface area contributed by atoms with Crippen molar-refractivity contribution in [2.75, 3.05) is 32.8 Å². The summed E-state index contributed by atoms with van der Waals surface area (Å²) >= 11 is 0. The summed E-state index contributed by atoms with van der Waals surface area (Å²) in [6.07, 6.45) is 1.43. The number of ether oxygens (including phenoxy) is 1. The van der Waals surface area contributed by atoms with E-state index in [0.29, 0.717) is 26.2 Å². The van der Waals surface area contributed by atoms with Crippen molar-refractivity contribution in [1.29, 1.82) is 0 Å². The van der Waals surface area contributed by atoms with E-state index in [2.05, 4.69) is 0 Å². The lowest BCUT2D eigenvalue weighted by Crippen LogP contribution is -2.51. The van der Waals surface area contributed by atoms with E-state index in [0.717, 1.165) is 6.07 Å². The van der Waals surface area contributed by atoms with Crippen LogP contribution in [0.25, 0.3) is 0 Å². The molecule has 1 saturated heterocycles. The van der Waals surface area contributed by atoms with Crippen LogP contribution < -0.4 is 0 Å². The Kier molecular flexibility index (Phi) is 5.31. The predicted molar refractivity (Wildman–Crippen MR) is 87.9 cm³/mol. The second-order valence-electron chi connectivity index (χ2n) is 5.71. The first-order valence-corrected chi connectivity index (χ1v) is 8.08. The molecule has 1 aliphatic heterocycles. The largest absolute Gasteiger partial charge is 0.459 e. The normalized spacial score (nSPS) is 14.2. The maximum Gasteiger partial charge on any atom is 0.341 e. The molecule has 0 N–H and O–H groups in total. The lowest BCUT2D eigenvalue weighted by atomic mass is 10.2. The number of furan rings is 1. The summed E-state index contributed by atoms with van der Waals surface area (Å²) in [5.74, 6) is -1.95. The summed E-state index contributed by atoms with van der Waals surface area (Å²) in [5.41, 5.74) is -0.214. The zero-order valence-electron chi connectivity index (χ0n) is 13.9. The molecule has 8 heteroatoms. The van der Waals surface area contributed by atoms with Crippen molar-refractivity contribution in [3.05, 3.63) is 59.8 Å². The van der Waals surface area contributed by atoms with Crippen LogP contribution in [0.5, 0.6) is 0 Å². The van der Waals surface area contributed by atoms with E-state index in [1.807, 2.05) is 0 Å². The molecule has 26 heavy (non-hydrogen) atoms. The molecule has 0 atom stereocenters. The smallest absolute Gasteiger partial charge is 0.341 e. The summed E-state index contributed by atoms with van der Waals surface area (Å²) < 4.78 is 23.5. The molecule has 0 unspecified atom stereocenters. The molecule has 0 saturated carbocycles. The number of esters is 1. The van der Waals surface area contributed by atoms with Gasteiger partial charge in [0.15, 0.2) is 12.4 Å². The molecule has 2 heterocycles. The van der Waals surface area contributed by atoms with Crippen LogP contribution in [0.2, 0.25) is 0 Å². The van der Waals surface area contributed by atoms with E-state index in [-0.39, 0.29) is 23.1 Å². The minimum absolute atomic E-state index is 0.214. The van der Waals surface area contributed by atoms with Crippen LogP contribution in [-0.2, 0) is 9.53 Å². The van der Waals surface area contributed by atoms with Gasteiger partial charge in [0.1, 0.15) is 5.82 Å². The van der Waals surface area contributed by atoms with Gasteiger partial charge in [0.2, 0.25) is 0 Å². The summed E-state index contributed by atoms with van der Waals surface area (Å²) in [7, 11) is 0. The zero-order chi connectivity index (χ0) is 18.5. The Morgan fingerprint density at radius 1 is 1.00 bits per heavy atom. The highest BCUT2D eigenvalue weighted by atomic mass is 19.1. The first-order chi connectivity index (χ1) is 12.6. The van der Waals surface area contributed by atoms with Crippen LogP contribution in [-0.4, -0.2) is 60.4 Å². The SMILES string of the molecule is O=C(OCC(=O)N1CCN(C(=O)c2ccco2)CC1)c1ccccc1F. The molecular weight excluding hydrogens is 343 g/mol. The number of carbonyl (C=O) groups is 3. The molecule has 1 aromatic carbocycles. The Hall–Kier alpha value is -3.16. The van der Waals surface area contributed by atoms with Gasteiger partial charge < -0.3 is 19.0 Å². The highest BCUT2D eigenvalue weighted by molar-refractivity contribution is 5.92. The molecule has 1 aromatic heterocycles. The van der Waals surface area contributed by atoms with Crippen LogP contribution in [0, 0.1) is 5.82 Å². The summed E-state index contributed by atoms with van der Waals surface area (Å²) in [4.78, 5) is 39.2. The second kappa shape index (κ2) is 7.81. The number of hydrogen-bond acceptors (Lipinski definition) is 5. The number of amides is 2. The van der Waals surface area contributed by atoms with Crippen molar-refractivity contribution >= 4 is 17.8 Å². The number of piperazine rings is 1. The van der Waals surface area contributed by atoms with Crippen molar-refractivity contribution in [2.45, 2.75) is 0 Å². The third-order valence-corrected chi connectivity index (χ3v) is 4.07. The molecule has 1 fully saturated rings. The summed E-state index contributed by atoms with van der Waals surface area (Å²) in [5, 5.41) is 0. The Labute approximate surface area is 148 Å². The molecule has 0 aliphatic carbocycles. The number of carbonyl (C=O) groups excluding carboxylic acids is 3. The van der Waals surface area contributed by atoms with Crippen LogP contribution >= 0.6 is 0 Å².